The first-order valence-corrected chi connectivity index (χ1v) is 8.55. The van der Waals surface area contributed by atoms with E-state index in [1.807, 2.05) is 0 Å². The van der Waals surface area contributed by atoms with Crippen LogP contribution in [0.25, 0.3) is 0 Å². The third kappa shape index (κ3) is 2.24. The van der Waals surface area contributed by atoms with Gasteiger partial charge in [0.1, 0.15) is 0 Å². The van der Waals surface area contributed by atoms with Crippen LogP contribution in [0.15, 0.2) is 0 Å². The zero-order valence-corrected chi connectivity index (χ0v) is 12.3. The molecule has 0 radical (unpaired) electrons. The van der Waals surface area contributed by atoms with Gasteiger partial charge in [0, 0.05) is 6.97 Å². The van der Waals surface area contributed by atoms with Crippen molar-refractivity contribution < 1.29 is 1.43 Å². The molecule has 3 fully saturated rings. The number of hydrogen-bond acceptors (Lipinski definition) is 1. The highest BCUT2D eigenvalue weighted by Crippen LogP contribution is 2.73. The van der Waals surface area contributed by atoms with E-state index < -0.39 is 0 Å². The van der Waals surface area contributed by atoms with Gasteiger partial charge >= 0.3 is 0 Å². The highest BCUT2D eigenvalue weighted by Gasteiger charge is 2.71. The molecule has 106 valence electrons. The second-order valence-corrected chi connectivity index (χ2v) is 7.40. The fourth-order valence-electron chi connectivity index (χ4n) is 5.13. The van der Waals surface area contributed by atoms with Crippen LogP contribution in [-0.2, 0) is 0 Å². The maximum Gasteiger partial charge on any atom is 0.0247 e. The molecule has 1 spiro atoms. The van der Waals surface area contributed by atoms with E-state index in [1.54, 1.807) is 6.42 Å². The summed E-state index contributed by atoms with van der Waals surface area (Å²) < 4.78 is 0. The summed E-state index contributed by atoms with van der Waals surface area (Å²) in [4.78, 5) is 0. The van der Waals surface area contributed by atoms with Crippen molar-refractivity contribution >= 4 is 0 Å². The van der Waals surface area contributed by atoms with Gasteiger partial charge in [-0.25, -0.2) is 0 Å². The second-order valence-electron chi connectivity index (χ2n) is 7.40. The first kappa shape index (κ1) is 13.0. The smallest absolute Gasteiger partial charge is 0.0247 e. The molecule has 1 N–H and O–H groups in total. The van der Waals surface area contributed by atoms with Crippen LogP contribution in [0.3, 0.4) is 0 Å². The zero-order chi connectivity index (χ0) is 12.5. The molecule has 0 saturated heterocycles. The summed E-state index contributed by atoms with van der Waals surface area (Å²) in [7, 11) is 0. The third-order valence-corrected chi connectivity index (χ3v) is 6.11. The average molecular weight is 251 g/mol. The predicted molar refractivity (Wildman–Crippen MR) is 79.8 cm³/mol. The molecule has 1 heteroatoms. The lowest BCUT2D eigenvalue weighted by molar-refractivity contribution is 0.296. The van der Waals surface area contributed by atoms with E-state index in [0.29, 0.717) is 5.54 Å². The number of unbranched alkanes of at least 4 members (excludes halogenated alkanes) is 5. The third-order valence-electron chi connectivity index (χ3n) is 6.11. The number of fused-ring (bicyclic) bond motifs is 1. The van der Waals surface area contributed by atoms with Crippen molar-refractivity contribution in [2.45, 2.75) is 89.5 Å². The Kier molecular flexibility index (Phi) is 3.71. The van der Waals surface area contributed by atoms with E-state index in [0.717, 1.165) is 11.3 Å². The van der Waals surface area contributed by atoms with Crippen molar-refractivity contribution in [2.24, 2.45) is 11.3 Å². The first-order valence-electron chi connectivity index (χ1n) is 8.55. The molecule has 0 aromatic rings. The van der Waals surface area contributed by atoms with Crippen LogP contribution in [-0.4, -0.2) is 12.1 Å². The highest BCUT2D eigenvalue weighted by atomic mass is 15.1. The maximum absolute atomic E-state index is 3.99. The van der Waals surface area contributed by atoms with E-state index >= 15 is 0 Å². The Morgan fingerprint density at radius 3 is 2.78 bits per heavy atom. The van der Waals surface area contributed by atoms with Crippen molar-refractivity contribution in [3.05, 3.63) is 0 Å². The lowest BCUT2D eigenvalue weighted by atomic mass is 9.83. The monoisotopic (exact) mass is 251 g/mol. The molecule has 3 aliphatic rings. The Bertz CT molecular complexity index is 293. The predicted octanol–water partition coefficient (Wildman–Crippen LogP) is 4.91. The lowest BCUT2D eigenvalue weighted by Gasteiger charge is -2.22. The largest absolute Gasteiger partial charge is 0.311 e. The van der Waals surface area contributed by atoms with Gasteiger partial charge in [-0.05, 0) is 50.0 Å². The van der Waals surface area contributed by atoms with Gasteiger partial charge in [0.25, 0.3) is 0 Å². The quantitative estimate of drug-likeness (QED) is 0.605. The van der Waals surface area contributed by atoms with Gasteiger partial charge in [0.15, 0.2) is 0 Å². The molecule has 3 atom stereocenters. The van der Waals surface area contributed by atoms with Gasteiger partial charge < -0.3 is 5.32 Å². The molecular formula is C17H33N. The van der Waals surface area contributed by atoms with E-state index in [-0.39, 0.29) is 1.43 Å². The number of rotatable bonds is 8. The van der Waals surface area contributed by atoms with E-state index in [2.05, 4.69) is 12.2 Å². The topological polar surface area (TPSA) is 12.0 Å². The zero-order valence-electron chi connectivity index (χ0n) is 12.3. The van der Waals surface area contributed by atoms with Gasteiger partial charge in [-0.2, -0.15) is 0 Å². The average Bonchev–Trinajstić information content (AvgIpc) is 2.87. The van der Waals surface area contributed by atoms with Gasteiger partial charge in [0.2, 0.25) is 0 Å². The molecule has 3 unspecified atom stereocenters. The fraction of sp³-hybridized carbons (Fsp3) is 1.00. The van der Waals surface area contributed by atoms with Gasteiger partial charge in [-0.15, -0.1) is 0 Å². The highest BCUT2D eigenvalue weighted by molar-refractivity contribution is 5.27. The van der Waals surface area contributed by atoms with Crippen LogP contribution in [0.4, 0.5) is 0 Å². The molecule has 3 aliphatic carbocycles. The minimum absolute atomic E-state index is 0. The summed E-state index contributed by atoms with van der Waals surface area (Å²) in [6.45, 7) is 3.59. The van der Waals surface area contributed by atoms with Crippen LogP contribution >= 0.6 is 0 Å². The Labute approximate surface area is 115 Å². The van der Waals surface area contributed by atoms with Crippen LogP contribution in [0.2, 0.25) is 0 Å². The summed E-state index contributed by atoms with van der Waals surface area (Å²) in [5, 5.41) is 3.99. The van der Waals surface area contributed by atoms with Crippen molar-refractivity contribution in [2.75, 3.05) is 6.54 Å². The van der Waals surface area contributed by atoms with Crippen molar-refractivity contribution in [1.29, 1.82) is 0 Å². The molecule has 0 amide bonds. The summed E-state index contributed by atoms with van der Waals surface area (Å²) in [5.41, 5.74) is 1.43. The van der Waals surface area contributed by atoms with Crippen LogP contribution in [0.5, 0.6) is 0 Å². The molecule has 0 heterocycles. The van der Waals surface area contributed by atoms with Crippen LogP contribution < -0.4 is 5.32 Å². The lowest BCUT2D eigenvalue weighted by Crippen LogP contribution is -2.34. The maximum atomic E-state index is 3.99. The Balaban J connectivity index is 0.00000133. The minimum atomic E-state index is 0. The van der Waals surface area contributed by atoms with Crippen LogP contribution in [0.1, 0.15) is 85.4 Å². The van der Waals surface area contributed by atoms with E-state index in [1.165, 1.54) is 77.2 Å². The van der Waals surface area contributed by atoms with E-state index in [9.17, 15) is 0 Å². The van der Waals surface area contributed by atoms with Gasteiger partial charge in [-0.1, -0.05) is 51.9 Å². The van der Waals surface area contributed by atoms with Crippen molar-refractivity contribution in [3.8, 4) is 0 Å². The molecule has 0 aliphatic heterocycles. The van der Waals surface area contributed by atoms with Gasteiger partial charge in [-0.3, -0.25) is 0 Å². The SMILES string of the molecule is CCCCCCCCNC12CC3CCCC1(C3)C2.[HH]. The molecule has 18 heavy (non-hydrogen) atoms. The minimum Gasteiger partial charge on any atom is -0.311 e. The molecule has 2 bridgehead atoms. The fourth-order valence-corrected chi connectivity index (χ4v) is 5.13. The second kappa shape index (κ2) is 5.15. The van der Waals surface area contributed by atoms with Crippen molar-refractivity contribution in [3.63, 3.8) is 0 Å². The summed E-state index contributed by atoms with van der Waals surface area (Å²) in [6, 6.07) is 0. The molecule has 1 nitrogen and oxygen atoms in total. The van der Waals surface area contributed by atoms with Crippen LogP contribution in [0, 0.1) is 11.3 Å². The molecule has 3 saturated carbocycles. The number of hydrogen-bond donors (Lipinski definition) is 1. The Morgan fingerprint density at radius 1 is 1.11 bits per heavy atom. The summed E-state index contributed by atoms with van der Waals surface area (Å²) >= 11 is 0. The Morgan fingerprint density at radius 2 is 1.94 bits per heavy atom. The standard InChI is InChI=1S/C17H31N.H2/c1-2-3-4-5-6-7-11-18-17-13-15-9-8-10-16(17,12-15)14-17;/h15,18H,2-14H2,1H3;1H. The molecule has 0 aromatic carbocycles. The first-order chi connectivity index (χ1) is 8.80. The summed E-state index contributed by atoms with van der Waals surface area (Å²) in [6.07, 6.45) is 17.7. The normalized spacial score (nSPS) is 40.8. The Hall–Kier alpha value is -0.0400. The van der Waals surface area contributed by atoms with Crippen molar-refractivity contribution in [1.82, 2.24) is 5.32 Å². The molecular weight excluding hydrogens is 218 g/mol. The van der Waals surface area contributed by atoms with Gasteiger partial charge in [0.05, 0.1) is 0 Å². The number of nitrogens with one attached hydrogen (secondary N) is 1. The summed E-state index contributed by atoms with van der Waals surface area (Å²) in [5.74, 6) is 1.09. The molecule has 3 rings (SSSR count). The van der Waals surface area contributed by atoms with E-state index in [4.69, 9.17) is 0 Å². The molecule has 0 aromatic heterocycles.